The predicted octanol–water partition coefficient (Wildman–Crippen LogP) is 2.21. The molecule has 8 heteroatoms. The number of hydrogen-bond acceptors (Lipinski definition) is 7. The van der Waals surface area contributed by atoms with Gasteiger partial charge < -0.3 is 24.4 Å². The number of amides is 1. The van der Waals surface area contributed by atoms with Gasteiger partial charge in [0.15, 0.2) is 0 Å². The van der Waals surface area contributed by atoms with Gasteiger partial charge in [0.05, 0.1) is 13.2 Å². The van der Waals surface area contributed by atoms with E-state index in [9.17, 15) is 14.7 Å². The summed E-state index contributed by atoms with van der Waals surface area (Å²) in [6, 6.07) is 1.79. The maximum absolute atomic E-state index is 12.2. The van der Waals surface area contributed by atoms with Gasteiger partial charge >= 0.3 is 12.1 Å². The van der Waals surface area contributed by atoms with E-state index in [0.717, 1.165) is 0 Å². The third-order valence-corrected chi connectivity index (χ3v) is 4.06. The maximum atomic E-state index is 12.2. The molecule has 0 atom stereocenters. The van der Waals surface area contributed by atoms with Gasteiger partial charge in [-0.1, -0.05) is 0 Å². The van der Waals surface area contributed by atoms with Crippen LogP contribution in [0.5, 0.6) is 0 Å². The Labute approximate surface area is 165 Å². The molecule has 0 unspecified atom stereocenters. The number of aliphatic hydroxyl groups is 1. The Morgan fingerprint density at radius 2 is 1.93 bits per heavy atom. The van der Waals surface area contributed by atoms with Gasteiger partial charge in [-0.2, -0.15) is 0 Å². The van der Waals surface area contributed by atoms with Crippen LogP contribution in [0.2, 0.25) is 0 Å². The monoisotopic (exact) mass is 391 g/mol. The van der Waals surface area contributed by atoms with Gasteiger partial charge in [-0.05, 0) is 45.4 Å². The normalized spacial score (nSPS) is 15.0. The van der Waals surface area contributed by atoms with Crippen LogP contribution in [0.15, 0.2) is 18.3 Å². The minimum Gasteiger partial charge on any atom is -0.463 e. The molecule has 1 aromatic heterocycles. The number of aliphatic hydroxyl groups excluding tert-OH is 1. The molecule has 28 heavy (non-hydrogen) atoms. The Hall–Kier alpha value is -2.61. The number of pyridine rings is 1. The Morgan fingerprint density at radius 3 is 2.50 bits per heavy atom. The number of carbonyl (C=O) groups is 2. The number of piperazine rings is 1. The molecule has 0 bridgehead atoms. The summed E-state index contributed by atoms with van der Waals surface area (Å²) in [6.45, 7) is 9.65. The summed E-state index contributed by atoms with van der Waals surface area (Å²) in [5.41, 5.74) is 0.845. The second kappa shape index (κ2) is 9.54. The summed E-state index contributed by atoms with van der Waals surface area (Å²) in [4.78, 5) is 31.8. The molecule has 2 rings (SSSR count). The van der Waals surface area contributed by atoms with Gasteiger partial charge in [-0.3, -0.25) is 0 Å². The molecule has 154 valence electrons. The summed E-state index contributed by atoms with van der Waals surface area (Å²) in [7, 11) is 0. The average molecular weight is 391 g/mol. The van der Waals surface area contributed by atoms with Crippen molar-refractivity contribution in [1.29, 1.82) is 0 Å². The van der Waals surface area contributed by atoms with Crippen LogP contribution in [0.25, 0.3) is 6.08 Å². The number of hydrogen-bond donors (Lipinski definition) is 1. The second-order valence-corrected chi connectivity index (χ2v) is 7.45. The quantitative estimate of drug-likeness (QED) is 0.608. The maximum Gasteiger partial charge on any atom is 0.410 e. The van der Waals surface area contributed by atoms with Crippen LogP contribution in [0, 0.1) is 0 Å². The van der Waals surface area contributed by atoms with Gasteiger partial charge in [0.25, 0.3) is 0 Å². The first-order valence-electron chi connectivity index (χ1n) is 9.41. The van der Waals surface area contributed by atoms with Crippen molar-refractivity contribution >= 4 is 24.0 Å². The van der Waals surface area contributed by atoms with E-state index in [2.05, 4.69) is 4.98 Å². The van der Waals surface area contributed by atoms with Crippen LogP contribution < -0.4 is 4.90 Å². The first-order chi connectivity index (χ1) is 13.2. The largest absolute Gasteiger partial charge is 0.463 e. The summed E-state index contributed by atoms with van der Waals surface area (Å²) in [6.07, 6.45) is 4.27. The van der Waals surface area contributed by atoms with Crippen molar-refractivity contribution in [2.45, 2.75) is 39.9 Å². The lowest BCUT2D eigenvalue weighted by molar-refractivity contribution is -0.137. The third-order valence-electron chi connectivity index (χ3n) is 4.06. The molecule has 1 amide bonds. The fourth-order valence-electron chi connectivity index (χ4n) is 2.80. The number of aromatic nitrogens is 1. The number of carbonyl (C=O) groups excluding carboxylic acids is 2. The Kier molecular flexibility index (Phi) is 7.39. The lowest BCUT2D eigenvalue weighted by Crippen LogP contribution is -2.50. The standard InChI is InChI=1S/C20H29N3O5/c1-5-27-17(25)7-6-15-12-16(14-24)18(21-13-15)22-8-10-23(11-9-22)19(26)28-20(2,3)4/h6-7,12-13,24H,5,8-11,14H2,1-4H3. The first-order valence-corrected chi connectivity index (χ1v) is 9.41. The van der Waals surface area contributed by atoms with Crippen LogP contribution in [0.1, 0.15) is 38.8 Å². The van der Waals surface area contributed by atoms with Gasteiger partial charge in [-0.15, -0.1) is 0 Å². The molecule has 1 aliphatic heterocycles. The third kappa shape index (κ3) is 6.23. The molecule has 0 aromatic carbocycles. The lowest BCUT2D eigenvalue weighted by atomic mass is 10.1. The van der Waals surface area contributed by atoms with Crippen LogP contribution in [0.4, 0.5) is 10.6 Å². The molecule has 2 heterocycles. The van der Waals surface area contributed by atoms with Crippen molar-refractivity contribution in [3.8, 4) is 0 Å². The van der Waals surface area contributed by atoms with Crippen molar-refractivity contribution in [3.63, 3.8) is 0 Å². The SMILES string of the molecule is CCOC(=O)C=Cc1cnc(N2CCN(C(=O)OC(C)(C)C)CC2)c(CO)c1. The minimum absolute atomic E-state index is 0.171. The van der Waals surface area contributed by atoms with Crippen molar-refractivity contribution in [3.05, 3.63) is 29.5 Å². The van der Waals surface area contributed by atoms with Gasteiger partial charge in [0, 0.05) is 44.0 Å². The highest BCUT2D eigenvalue weighted by Crippen LogP contribution is 2.22. The van der Waals surface area contributed by atoms with Crippen molar-refractivity contribution in [2.75, 3.05) is 37.7 Å². The molecule has 1 aliphatic rings. The molecule has 8 nitrogen and oxygen atoms in total. The van der Waals surface area contributed by atoms with Crippen molar-refractivity contribution in [2.24, 2.45) is 0 Å². The Bertz CT molecular complexity index is 719. The zero-order valence-corrected chi connectivity index (χ0v) is 17.0. The van der Waals surface area contributed by atoms with Crippen LogP contribution in [-0.4, -0.2) is 65.4 Å². The van der Waals surface area contributed by atoms with E-state index in [4.69, 9.17) is 9.47 Å². The minimum atomic E-state index is -0.521. The predicted molar refractivity (Wildman–Crippen MR) is 106 cm³/mol. The fourth-order valence-corrected chi connectivity index (χ4v) is 2.80. The fraction of sp³-hybridized carbons (Fsp3) is 0.550. The molecular weight excluding hydrogens is 362 g/mol. The van der Waals surface area contributed by atoms with Crippen molar-refractivity contribution < 1.29 is 24.2 Å². The number of anilines is 1. The highest BCUT2D eigenvalue weighted by molar-refractivity contribution is 5.87. The molecule has 1 saturated heterocycles. The summed E-state index contributed by atoms with van der Waals surface area (Å²) in [5, 5.41) is 9.74. The van der Waals surface area contributed by atoms with E-state index in [1.54, 1.807) is 30.2 Å². The summed E-state index contributed by atoms with van der Waals surface area (Å²) in [5.74, 6) is 0.259. The van der Waals surface area contributed by atoms with Gasteiger partial charge in [0.2, 0.25) is 0 Å². The van der Waals surface area contributed by atoms with Crippen molar-refractivity contribution in [1.82, 2.24) is 9.88 Å². The summed E-state index contributed by atoms with van der Waals surface area (Å²) < 4.78 is 10.3. The van der Waals surface area contributed by atoms with Crippen LogP contribution in [-0.2, 0) is 20.9 Å². The van der Waals surface area contributed by atoms with Gasteiger partial charge in [-0.25, -0.2) is 14.6 Å². The topological polar surface area (TPSA) is 92.2 Å². The van der Waals surface area contributed by atoms with Gasteiger partial charge in [0.1, 0.15) is 11.4 Å². The van der Waals surface area contributed by atoms with E-state index < -0.39 is 11.6 Å². The number of nitrogens with zero attached hydrogens (tertiary/aromatic N) is 3. The molecule has 0 radical (unpaired) electrons. The zero-order valence-electron chi connectivity index (χ0n) is 17.0. The molecule has 1 aromatic rings. The Morgan fingerprint density at radius 1 is 1.25 bits per heavy atom. The smallest absolute Gasteiger partial charge is 0.410 e. The molecule has 0 saturated carbocycles. The molecule has 1 N–H and O–H groups in total. The number of rotatable bonds is 5. The highest BCUT2D eigenvalue weighted by atomic mass is 16.6. The highest BCUT2D eigenvalue weighted by Gasteiger charge is 2.27. The second-order valence-electron chi connectivity index (χ2n) is 7.45. The van der Waals surface area contributed by atoms with Crippen LogP contribution in [0.3, 0.4) is 0 Å². The molecule has 0 aliphatic carbocycles. The van der Waals surface area contributed by atoms with E-state index in [1.165, 1.54) is 6.08 Å². The number of ether oxygens (including phenoxy) is 2. The van der Waals surface area contributed by atoms with E-state index in [-0.39, 0.29) is 12.7 Å². The van der Waals surface area contributed by atoms with E-state index >= 15 is 0 Å². The average Bonchev–Trinajstić information content (AvgIpc) is 2.65. The lowest BCUT2D eigenvalue weighted by Gasteiger charge is -2.36. The van der Waals surface area contributed by atoms with E-state index in [1.807, 2.05) is 25.7 Å². The molecular formula is C20H29N3O5. The Balaban J connectivity index is 2.02. The molecule has 0 spiro atoms. The number of esters is 1. The van der Waals surface area contributed by atoms with E-state index in [0.29, 0.717) is 49.7 Å². The van der Waals surface area contributed by atoms with Crippen LogP contribution >= 0.6 is 0 Å². The first kappa shape index (κ1) is 21.7. The summed E-state index contributed by atoms with van der Waals surface area (Å²) >= 11 is 0. The molecule has 1 fully saturated rings. The zero-order chi connectivity index (χ0) is 20.7.